The third-order valence-electron chi connectivity index (χ3n) is 6.02. The van der Waals surface area contributed by atoms with Crippen LogP contribution in [0.15, 0.2) is 129 Å². The van der Waals surface area contributed by atoms with Crippen LogP contribution in [0, 0.1) is 0 Å². The minimum Gasteiger partial charge on any atom is -0.508 e. The average molecular weight is 542 g/mol. The first-order valence-electron chi connectivity index (χ1n) is 13.4. The molecular weight excluding hydrogens is 506 g/mol. The van der Waals surface area contributed by atoms with E-state index in [1.807, 2.05) is 99.7 Å². The summed E-state index contributed by atoms with van der Waals surface area (Å²) in [6.45, 7) is 17.5. The van der Waals surface area contributed by atoms with Crippen LogP contribution in [0.25, 0.3) is 45.3 Å². The Morgan fingerprint density at radius 3 is 1.59 bits per heavy atom. The fourth-order valence-corrected chi connectivity index (χ4v) is 3.98. The van der Waals surface area contributed by atoms with Crippen LogP contribution in [-0.2, 0) is 0 Å². The van der Waals surface area contributed by atoms with Crippen LogP contribution in [0.3, 0.4) is 0 Å². The number of phenols is 2. The highest BCUT2D eigenvalue weighted by Crippen LogP contribution is 2.33. The molecule has 0 bridgehead atoms. The van der Waals surface area contributed by atoms with Gasteiger partial charge in [-0.3, -0.25) is 0 Å². The first kappa shape index (κ1) is 30.3. The van der Waals surface area contributed by atoms with E-state index in [4.69, 9.17) is 4.98 Å². The molecule has 5 nitrogen and oxygen atoms in total. The lowest BCUT2D eigenvalue weighted by Gasteiger charge is -2.11. The van der Waals surface area contributed by atoms with Gasteiger partial charge >= 0.3 is 0 Å². The van der Waals surface area contributed by atoms with E-state index in [2.05, 4.69) is 29.7 Å². The number of nitrogens with zero attached hydrogens (tertiary/aromatic N) is 3. The molecule has 0 radical (unpaired) electrons. The van der Waals surface area contributed by atoms with E-state index in [0.29, 0.717) is 23.0 Å². The van der Waals surface area contributed by atoms with E-state index in [1.54, 1.807) is 18.2 Å². The molecule has 0 unspecified atom stereocenters. The van der Waals surface area contributed by atoms with Gasteiger partial charge in [0.25, 0.3) is 0 Å². The van der Waals surface area contributed by atoms with E-state index in [0.717, 1.165) is 33.4 Å². The predicted molar refractivity (Wildman–Crippen MR) is 172 cm³/mol. The van der Waals surface area contributed by atoms with Crippen LogP contribution in [-0.4, -0.2) is 25.2 Å². The van der Waals surface area contributed by atoms with Crippen molar-refractivity contribution >= 4 is 11.1 Å². The largest absolute Gasteiger partial charge is 0.508 e. The highest BCUT2D eigenvalue weighted by atomic mass is 16.3. The summed E-state index contributed by atoms with van der Waals surface area (Å²) >= 11 is 0. The Morgan fingerprint density at radius 2 is 1.15 bits per heavy atom. The number of aromatic nitrogens is 3. The second-order valence-electron chi connectivity index (χ2n) is 8.58. The van der Waals surface area contributed by atoms with Gasteiger partial charge < -0.3 is 10.2 Å². The van der Waals surface area contributed by atoms with Crippen molar-refractivity contribution in [2.45, 2.75) is 20.8 Å². The third kappa shape index (κ3) is 7.43. The molecule has 0 aliphatic carbocycles. The van der Waals surface area contributed by atoms with Gasteiger partial charge in [-0.25, -0.2) is 15.0 Å². The van der Waals surface area contributed by atoms with Gasteiger partial charge in [-0.2, -0.15) is 0 Å². The summed E-state index contributed by atoms with van der Waals surface area (Å²) in [7, 11) is 0. The highest BCUT2D eigenvalue weighted by Gasteiger charge is 2.15. The number of hydrogen-bond acceptors (Lipinski definition) is 5. The Morgan fingerprint density at radius 1 is 0.659 bits per heavy atom. The molecule has 0 saturated carbocycles. The lowest BCUT2D eigenvalue weighted by atomic mass is 10.0. The molecule has 1 aromatic heterocycles. The molecule has 41 heavy (non-hydrogen) atoms. The first-order valence-corrected chi connectivity index (χ1v) is 13.4. The monoisotopic (exact) mass is 541 g/mol. The summed E-state index contributed by atoms with van der Waals surface area (Å²) in [4.78, 5) is 14.1. The fourth-order valence-electron chi connectivity index (χ4n) is 3.98. The van der Waals surface area contributed by atoms with Gasteiger partial charge in [-0.1, -0.05) is 125 Å². The topological polar surface area (TPSA) is 79.1 Å². The van der Waals surface area contributed by atoms with E-state index in [1.165, 1.54) is 12.1 Å². The molecule has 0 saturated heterocycles. The van der Waals surface area contributed by atoms with Crippen LogP contribution >= 0.6 is 0 Å². The number of aromatic hydroxyl groups is 2. The van der Waals surface area contributed by atoms with Gasteiger partial charge in [0.2, 0.25) is 0 Å². The molecule has 5 heteroatoms. The molecule has 1 heterocycles. The van der Waals surface area contributed by atoms with Crippen LogP contribution in [0.4, 0.5) is 0 Å². The van der Waals surface area contributed by atoms with Crippen LogP contribution < -0.4 is 0 Å². The maximum Gasteiger partial charge on any atom is 0.167 e. The normalized spacial score (nSPS) is 11.5. The maximum absolute atomic E-state index is 10.5. The predicted octanol–water partition coefficient (Wildman–Crippen LogP) is 9.21. The zero-order chi connectivity index (χ0) is 29.8. The van der Waals surface area contributed by atoms with Gasteiger partial charge in [-0.05, 0) is 41.3 Å². The molecule has 0 aliphatic heterocycles. The van der Waals surface area contributed by atoms with Crippen LogP contribution in [0.2, 0.25) is 0 Å². The molecule has 206 valence electrons. The molecule has 4 rings (SSSR count). The van der Waals surface area contributed by atoms with E-state index < -0.39 is 0 Å². The van der Waals surface area contributed by atoms with Crippen molar-refractivity contribution < 1.29 is 10.2 Å². The van der Waals surface area contributed by atoms with Crippen molar-refractivity contribution in [3.63, 3.8) is 0 Å². The van der Waals surface area contributed by atoms with Crippen molar-refractivity contribution in [1.29, 1.82) is 0 Å². The number of benzene rings is 3. The van der Waals surface area contributed by atoms with Crippen molar-refractivity contribution in [1.82, 2.24) is 15.0 Å². The summed E-state index contributed by atoms with van der Waals surface area (Å²) in [6, 6.07) is 20.0. The fraction of sp³-hybridized carbons (Fsp3) is 0.0833. The summed E-state index contributed by atoms with van der Waals surface area (Å²) < 4.78 is 0. The minimum absolute atomic E-state index is 0.0495. The molecule has 4 aromatic rings. The molecule has 3 aromatic carbocycles. The lowest BCUT2D eigenvalue weighted by Crippen LogP contribution is -2.00. The van der Waals surface area contributed by atoms with E-state index in [9.17, 15) is 10.2 Å². The van der Waals surface area contributed by atoms with Gasteiger partial charge in [-0.15, -0.1) is 0 Å². The van der Waals surface area contributed by atoms with Gasteiger partial charge in [0.05, 0.1) is 5.56 Å². The van der Waals surface area contributed by atoms with E-state index in [-0.39, 0.29) is 11.5 Å². The first-order chi connectivity index (χ1) is 20.0. The van der Waals surface area contributed by atoms with Gasteiger partial charge in [0, 0.05) is 17.2 Å². The Balaban J connectivity index is 0.00000226. The minimum atomic E-state index is -0.126. The Bertz CT molecular complexity index is 1610. The summed E-state index contributed by atoms with van der Waals surface area (Å²) in [5, 5.41) is 20.3. The zero-order valence-electron chi connectivity index (χ0n) is 23.7. The molecule has 0 atom stereocenters. The summed E-state index contributed by atoms with van der Waals surface area (Å²) in [5.41, 5.74) is 5.90. The second-order valence-corrected chi connectivity index (χ2v) is 8.58. The second kappa shape index (κ2) is 14.8. The Kier molecular flexibility index (Phi) is 10.9. The van der Waals surface area contributed by atoms with Crippen LogP contribution in [0.5, 0.6) is 11.5 Å². The number of phenolic OH excluding ortho intramolecular Hbond substituents is 2. The van der Waals surface area contributed by atoms with E-state index >= 15 is 0 Å². The van der Waals surface area contributed by atoms with Crippen molar-refractivity contribution in [2.24, 2.45) is 0 Å². The molecule has 2 N–H and O–H groups in total. The highest BCUT2D eigenvalue weighted by molar-refractivity contribution is 5.78. The summed E-state index contributed by atoms with van der Waals surface area (Å²) in [5.74, 6) is 1.02. The molecule has 0 aliphatic rings. The quantitative estimate of drug-likeness (QED) is 0.207. The van der Waals surface area contributed by atoms with Crippen molar-refractivity contribution in [3.05, 3.63) is 140 Å². The molecule has 0 amide bonds. The Labute approximate surface area is 242 Å². The molecule has 0 spiro atoms. The number of allylic oxidation sites excluding steroid dienone is 9. The average Bonchev–Trinajstić information content (AvgIpc) is 3.01. The third-order valence-corrected chi connectivity index (χ3v) is 6.02. The van der Waals surface area contributed by atoms with Gasteiger partial charge in [0.15, 0.2) is 17.5 Å². The SMILES string of the molecule is C=C/C=C(\C=C)c1ccc(-c2nc(-c3ccc(/C(C=C)=C/C=C\C)cc3)nc(-c3ccc(O)cc3O)n2)cc1.CC. The smallest absolute Gasteiger partial charge is 0.167 e. The maximum atomic E-state index is 10.5. The van der Waals surface area contributed by atoms with Crippen molar-refractivity contribution in [2.75, 3.05) is 0 Å². The summed E-state index contributed by atoms with van der Waals surface area (Å²) in [6.07, 6.45) is 13.1. The molecular formula is C36H35N3O2. The Hall–Kier alpha value is -5.29. The lowest BCUT2D eigenvalue weighted by molar-refractivity contribution is 0.451. The molecule has 0 fully saturated rings. The standard InChI is InChI=1S/C34H29N3O2.C2H6/c1-5-9-11-24(8-4)26-14-18-28(19-15-26)33-35-32(27-16-12-25(13-17-27)23(7-3)10-6-2)36-34(37-33)30-21-20-29(38)22-31(30)39;1-2/h5-22,38-39H,2-4H2,1H3;1-2H3/b9-5-,23-10+,24-11+;. The van der Waals surface area contributed by atoms with Crippen molar-refractivity contribution in [3.8, 4) is 45.7 Å². The zero-order valence-corrected chi connectivity index (χ0v) is 23.7. The number of rotatable bonds is 9. The number of hydrogen-bond donors (Lipinski definition) is 2. The van der Waals surface area contributed by atoms with Gasteiger partial charge in [0.1, 0.15) is 11.5 Å². The van der Waals surface area contributed by atoms with Crippen LogP contribution in [0.1, 0.15) is 31.9 Å².